The van der Waals surface area contributed by atoms with E-state index in [4.69, 9.17) is 5.26 Å². The number of fused-ring (bicyclic) bond motifs is 1. The molecule has 3 heterocycles. The van der Waals surface area contributed by atoms with Gasteiger partial charge in [-0.15, -0.1) is 0 Å². The van der Waals surface area contributed by atoms with Gasteiger partial charge in [0.25, 0.3) is 0 Å². The van der Waals surface area contributed by atoms with E-state index in [1.807, 2.05) is 12.1 Å². The molecule has 16 heavy (non-hydrogen) atoms. The summed E-state index contributed by atoms with van der Waals surface area (Å²) in [4.78, 5) is 6.71. The molecule has 0 radical (unpaired) electrons. The molecule has 1 N–H and O–H groups in total. The molecule has 0 unspecified atom stereocenters. The Balaban J connectivity index is 1.89. The van der Waals surface area contributed by atoms with Crippen LogP contribution < -0.4 is 10.2 Å². The van der Waals surface area contributed by atoms with Gasteiger partial charge in [0, 0.05) is 25.7 Å². The average molecular weight is 214 g/mol. The predicted molar refractivity (Wildman–Crippen MR) is 61.1 cm³/mol. The van der Waals surface area contributed by atoms with Crippen LogP contribution in [0.1, 0.15) is 12.1 Å². The Morgan fingerprint density at radius 2 is 2.38 bits per heavy atom. The summed E-state index contributed by atoms with van der Waals surface area (Å²) >= 11 is 0. The predicted octanol–water partition coefficient (Wildman–Crippen LogP) is 0.751. The summed E-state index contributed by atoms with van der Waals surface area (Å²) in [5, 5.41) is 12.3. The zero-order valence-electron chi connectivity index (χ0n) is 9.06. The van der Waals surface area contributed by atoms with Crippen LogP contribution in [-0.4, -0.2) is 30.7 Å². The van der Waals surface area contributed by atoms with Gasteiger partial charge in [-0.2, -0.15) is 5.26 Å². The molecule has 2 saturated heterocycles. The molecule has 4 nitrogen and oxygen atoms in total. The van der Waals surface area contributed by atoms with Gasteiger partial charge in [0.1, 0.15) is 17.6 Å². The van der Waals surface area contributed by atoms with Crippen molar-refractivity contribution in [3.05, 3.63) is 23.9 Å². The molecule has 0 saturated carbocycles. The highest BCUT2D eigenvalue weighted by Crippen LogP contribution is 2.30. The number of hydrogen-bond donors (Lipinski definition) is 1. The van der Waals surface area contributed by atoms with Gasteiger partial charge in [0.05, 0.1) is 0 Å². The highest BCUT2D eigenvalue weighted by Gasteiger charge is 2.37. The van der Waals surface area contributed by atoms with Gasteiger partial charge >= 0.3 is 0 Å². The first-order valence-corrected chi connectivity index (χ1v) is 5.73. The fourth-order valence-electron chi connectivity index (χ4n) is 2.78. The van der Waals surface area contributed by atoms with Crippen molar-refractivity contribution in [1.29, 1.82) is 5.26 Å². The van der Waals surface area contributed by atoms with Gasteiger partial charge in [0.15, 0.2) is 0 Å². The van der Waals surface area contributed by atoms with Crippen molar-refractivity contribution in [2.45, 2.75) is 12.5 Å². The van der Waals surface area contributed by atoms with E-state index in [2.05, 4.69) is 21.3 Å². The monoisotopic (exact) mass is 214 g/mol. The molecule has 1 aromatic rings. The highest BCUT2D eigenvalue weighted by molar-refractivity contribution is 5.44. The third-order valence-electron chi connectivity index (χ3n) is 3.59. The van der Waals surface area contributed by atoms with Crippen LogP contribution in [0.15, 0.2) is 18.2 Å². The molecule has 82 valence electrons. The fourth-order valence-corrected chi connectivity index (χ4v) is 2.78. The van der Waals surface area contributed by atoms with Crippen molar-refractivity contribution in [1.82, 2.24) is 10.3 Å². The first kappa shape index (κ1) is 9.61. The van der Waals surface area contributed by atoms with Crippen LogP contribution in [0.4, 0.5) is 5.82 Å². The maximum Gasteiger partial charge on any atom is 0.142 e. The lowest BCUT2D eigenvalue weighted by Crippen LogP contribution is -2.34. The average Bonchev–Trinajstić information content (AvgIpc) is 2.90. The molecular formula is C12H14N4. The summed E-state index contributed by atoms with van der Waals surface area (Å²) in [7, 11) is 0. The van der Waals surface area contributed by atoms with Gasteiger partial charge in [-0.1, -0.05) is 6.07 Å². The Hall–Kier alpha value is -1.60. The van der Waals surface area contributed by atoms with E-state index >= 15 is 0 Å². The summed E-state index contributed by atoms with van der Waals surface area (Å²) in [5.41, 5.74) is 0.506. The third-order valence-corrected chi connectivity index (χ3v) is 3.59. The molecule has 1 aromatic heterocycles. The summed E-state index contributed by atoms with van der Waals surface area (Å²) in [6.45, 7) is 3.24. The molecule has 2 aliphatic heterocycles. The summed E-state index contributed by atoms with van der Waals surface area (Å²) in [6, 6.07) is 8.34. The Bertz CT molecular complexity index is 437. The Morgan fingerprint density at radius 1 is 1.44 bits per heavy atom. The van der Waals surface area contributed by atoms with Gasteiger partial charge in [0.2, 0.25) is 0 Å². The van der Waals surface area contributed by atoms with E-state index in [9.17, 15) is 0 Å². The van der Waals surface area contributed by atoms with Crippen LogP contribution in [-0.2, 0) is 0 Å². The van der Waals surface area contributed by atoms with Gasteiger partial charge in [-0.3, -0.25) is 0 Å². The molecule has 0 aliphatic carbocycles. The number of pyridine rings is 1. The lowest BCUT2D eigenvalue weighted by atomic mass is 10.1. The minimum Gasteiger partial charge on any atom is -0.352 e. The maximum absolute atomic E-state index is 8.85. The number of rotatable bonds is 1. The summed E-state index contributed by atoms with van der Waals surface area (Å²) in [5.74, 6) is 1.71. The molecule has 4 heteroatoms. The third kappa shape index (κ3) is 1.44. The lowest BCUT2D eigenvalue weighted by molar-refractivity contribution is 0.577. The fraction of sp³-hybridized carbons (Fsp3) is 0.500. The normalized spacial score (nSPS) is 27.8. The first-order valence-electron chi connectivity index (χ1n) is 5.73. The molecule has 2 aliphatic rings. The molecule has 0 amide bonds. The SMILES string of the molecule is N#Cc1cccc(N2CC[C@H]3CNC[C@H]32)n1. The van der Waals surface area contributed by atoms with E-state index in [-0.39, 0.29) is 0 Å². The number of nitrogens with one attached hydrogen (secondary N) is 1. The molecular weight excluding hydrogens is 200 g/mol. The number of aromatic nitrogens is 1. The van der Waals surface area contributed by atoms with Crippen molar-refractivity contribution < 1.29 is 0 Å². The van der Waals surface area contributed by atoms with Gasteiger partial charge in [-0.25, -0.2) is 4.98 Å². The van der Waals surface area contributed by atoms with E-state index in [1.165, 1.54) is 6.42 Å². The van der Waals surface area contributed by atoms with E-state index < -0.39 is 0 Å². The van der Waals surface area contributed by atoms with Crippen LogP contribution in [0.5, 0.6) is 0 Å². The molecule has 0 bridgehead atoms. The number of nitrogens with zero attached hydrogens (tertiary/aromatic N) is 3. The number of nitriles is 1. The zero-order valence-corrected chi connectivity index (χ0v) is 9.06. The maximum atomic E-state index is 8.85. The minimum atomic E-state index is 0.506. The molecule has 0 aromatic carbocycles. The molecule has 0 spiro atoms. The van der Waals surface area contributed by atoms with E-state index in [1.54, 1.807) is 6.07 Å². The highest BCUT2D eigenvalue weighted by atomic mass is 15.3. The standard InChI is InChI=1S/C12H14N4/c13-6-10-2-1-3-12(15-10)16-5-4-9-7-14-8-11(9)16/h1-3,9,11,14H,4-5,7-8H2/t9-,11+/m0/s1. The van der Waals surface area contributed by atoms with Crippen LogP contribution in [0, 0.1) is 17.2 Å². The molecule has 2 fully saturated rings. The first-order chi connectivity index (χ1) is 7.88. The number of anilines is 1. The van der Waals surface area contributed by atoms with Crippen LogP contribution in [0.25, 0.3) is 0 Å². The van der Waals surface area contributed by atoms with Gasteiger partial charge in [-0.05, 0) is 24.5 Å². The second-order valence-electron chi connectivity index (χ2n) is 4.46. The van der Waals surface area contributed by atoms with Crippen molar-refractivity contribution in [2.75, 3.05) is 24.5 Å². The van der Waals surface area contributed by atoms with Crippen LogP contribution in [0.2, 0.25) is 0 Å². The zero-order chi connectivity index (χ0) is 11.0. The second-order valence-corrected chi connectivity index (χ2v) is 4.46. The smallest absolute Gasteiger partial charge is 0.142 e. The summed E-state index contributed by atoms with van der Waals surface area (Å²) in [6.07, 6.45) is 1.23. The van der Waals surface area contributed by atoms with Crippen molar-refractivity contribution in [3.63, 3.8) is 0 Å². The van der Waals surface area contributed by atoms with Crippen molar-refractivity contribution in [3.8, 4) is 6.07 Å². The Kier molecular flexibility index (Phi) is 2.26. The van der Waals surface area contributed by atoms with Crippen LogP contribution in [0.3, 0.4) is 0 Å². The topological polar surface area (TPSA) is 52.0 Å². The minimum absolute atomic E-state index is 0.506. The molecule has 2 atom stereocenters. The largest absolute Gasteiger partial charge is 0.352 e. The molecule has 3 rings (SSSR count). The lowest BCUT2D eigenvalue weighted by Gasteiger charge is -2.24. The summed E-state index contributed by atoms with van der Waals surface area (Å²) < 4.78 is 0. The quantitative estimate of drug-likeness (QED) is 0.749. The van der Waals surface area contributed by atoms with Gasteiger partial charge < -0.3 is 10.2 Å². The Morgan fingerprint density at radius 3 is 3.25 bits per heavy atom. The van der Waals surface area contributed by atoms with Crippen molar-refractivity contribution in [2.24, 2.45) is 5.92 Å². The number of hydrogen-bond acceptors (Lipinski definition) is 4. The van der Waals surface area contributed by atoms with Crippen LogP contribution >= 0.6 is 0 Å². The second kappa shape index (κ2) is 3.76. The van der Waals surface area contributed by atoms with E-state index in [0.29, 0.717) is 11.7 Å². The van der Waals surface area contributed by atoms with Crippen molar-refractivity contribution >= 4 is 5.82 Å². The van der Waals surface area contributed by atoms with E-state index in [0.717, 1.165) is 31.4 Å². The Labute approximate surface area is 94.9 Å².